The lowest BCUT2D eigenvalue weighted by Crippen LogP contribution is -2.66. The van der Waals surface area contributed by atoms with Crippen LogP contribution in [-0.2, 0) is 34.7 Å². The molecule has 13 heteroatoms. The minimum atomic E-state index is -4.47. The Labute approximate surface area is 225 Å². The fraction of sp³-hybridized carbons (Fsp3) is 0.500. The zero-order valence-corrected chi connectivity index (χ0v) is 22.3. The fourth-order valence-electron chi connectivity index (χ4n) is 5.94. The molecular weight excluding hydrogens is 533 g/mol. The van der Waals surface area contributed by atoms with Crippen LogP contribution in [0.25, 0.3) is 5.65 Å². The van der Waals surface area contributed by atoms with Crippen LogP contribution in [0.5, 0.6) is 0 Å². The largest absolute Gasteiger partial charge is 0.416 e. The van der Waals surface area contributed by atoms with E-state index in [9.17, 15) is 22.2 Å². The van der Waals surface area contributed by atoms with Gasteiger partial charge in [0.05, 0.1) is 35.7 Å². The molecule has 3 aromatic rings. The first kappa shape index (κ1) is 26.2. The number of alkyl halides is 3. The Morgan fingerprint density at radius 2 is 1.92 bits per heavy atom. The van der Waals surface area contributed by atoms with Crippen LogP contribution in [0.1, 0.15) is 38.4 Å². The molecule has 0 unspecified atom stereocenters. The second kappa shape index (κ2) is 9.56. The second-order valence-electron chi connectivity index (χ2n) is 10.8. The summed E-state index contributed by atoms with van der Waals surface area (Å²) in [5, 5.41) is 4.81. The van der Waals surface area contributed by atoms with E-state index in [1.54, 1.807) is 16.6 Å². The zero-order valence-electron chi connectivity index (χ0n) is 21.5. The first-order valence-corrected chi connectivity index (χ1v) is 14.3. The molecule has 39 heavy (non-hydrogen) atoms. The summed E-state index contributed by atoms with van der Waals surface area (Å²) in [6, 6.07) is 5.79. The van der Waals surface area contributed by atoms with Gasteiger partial charge in [0.15, 0.2) is 11.5 Å². The van der Waals surface area contributed by atoms with Gasteiger partial charge in [-0.15, -0.1) is 5.10 Å². The molecule has 0 radical (unpaired) electrons. The summed E-state index contributed by atoms with van der Waals surface area (Å²) in [6.07, 6.45) is -4.33. The normalized spacial score (nSPS) is 19.8. The van der Waals surface area contributed by atoms with Gasteiger partial charge in [0.1, 0.15) is 0 Å². The van der Waals surface area contributed by atoms with E-state index in [4.69, 9.17) is 20.6 Å². The number of imidazole rings is 1. The summed E-state index contributed by atoms with van der Waals surface area (Å²) in [5.74, 6) is 1.27. The Morgan fingerprint density at radius 3 is 2.56 bits per heavy atom. The molecule has 0 bridgehead atoms. The molecule has 3 aliphatic rings. The number of hydrogen-bond acceptors (Lipinski definition) is 7. The Morgan fingerprint density at radius 1 is 1.21 bits per heavy atom. The maximum absolute atomic E-state index is 13.7. The molecule has 2 aromatic heterocycles. The number of carbonyl (C=O) groups excluding carboxylic acids is 1. The maximum Gasteiger partial charge on any atom is 0.416 e. The van der Waals surface area contributed by atoms with Crippen LogP contribution in [-0.4, -0.2) is 80.5 Å². The molecule has 6 rings (SSSR count). The van der Waals surface area contributed by atoms with E-state index in [0.717, 1.165) is 19.2 Å². The Balaban J connectivity index is 1.44. The highest BCUT2D eigenvalue weighted by molar-refractivity contribution is 7.86. The number of hydrogen-bond donors (Lipinski definition) is 1. The number of ether oxygens (including phenoxy) is 1. The van der Waals surface area contributed by atoms with Gasteiger partial charge >= 0.3 is 6.18 Å². The Bertz CT molecular complexity index is 1470. The lowest BCUT2D eigenvalue weighted by Gasteiger charge is -2.54. The van der Waals surface area contributed by atoms with Crippen molar-refractivity contribution in [1.29, 1.82) is 0 Å². The Hall–Kier alpha value is -3.03. The van der Waals surface area contributed by atoms with Gasteiger partial charge in [-0.25, -0.2) is 9.50 Å². The summed E-state index contributed by atoms with van der Waals surface area (Å²) in [7, 11) is -0.754. The third-order valence-corrected chi connectivity index (χ3v) is 9.75. The molecule has 0 atom stereocenters. The highest BCUT2D eigenvalue weighted by Crippen LogP contribution is 2.41. The van der Waals surface area contributed by atoms with Gasteiger partial charge in [-0.3, -0.25) is 13.9 Å². The third kappa shape index (κ3) is 4.80. The minimum Gasteiger partial charge on any atom is -0.378 e. The van der Waals surface area contributed by atoms with Crippen LogP contribution >= 0.6 is 0 Å². The van der Waals surface area contributed by atoms with Crippen molar-refractivity contribution in [2.75, 3.05) is 55.8 Å². The minimum absolute atomic E-state index is 0.0853. The number of carbonyl (C=O) groups is 1. The van der Waals surface area contributed by atoms with Crippen LogP contribution in [0.2, 0.25) is 0 Å². The van der Waals surface area contributed by atoms with Gasteiger partial charge < -0.3 is 15.4 Å². The second-order valence-corrected chi connectivity index (χ2v) is 12.2. The summed E-state index contributed by atoms with van der Waals surface area (Å²) < 4.78 is 59.7. The van der Waals surface area contributed by atoms with Crippen LogP contribution in [0, 0.1) is 12.3 Å². The van der Waals surface area contributed by atoms with Gasteiger partial charge in [-0.05, 0) is 30.2 Å². The van der Waals surface area contributed by atoms with Gasteiger partial charge in [-0.2, -0.15) is 13.2 Å². The van der Waals surface area contributed by atoms with Crippen molar-refractivity contribution in [2.45, 2.75) is 26.1 Å². The van der Waals surface area contributed by atoms with E-state index in [1.807, 2.05) is 4.90 Å². The first-order chi connectivity index (χ1) is 18.5. The van der Waals surface area contributed by atoms with Crippen LogP contribution in [0.15, 0.2) is 24.3 Å². The van der Waals surface area contributed by atoms with Crippen LogP contribution in [0.4, 0.5) is 19.0 Å². The predicted octanol–water partition coefficient (Wildman–Crippen LogP) is 2.15. The van der Waals surface area contributed by atoms with Gasteiger partial charge in [-0.1, -0.05) is 12.1 Å². The standard InChI is InChI=1S/C26H29F3N6O3S/c1-16-17(3-2-4-19(16)26(27,28)29)9-21-20(11-33-12-25(13-33)14-39(37)15-25)31-24-18(23(30)36)10-22(32-35(21)24)34-5-7-38-8-6-34/h2-4,10H,5-9,11-15H2,1H3,(H2,30,36). The monoisotopic (exact) mass is 562 g/mol. The summed E-state index contributed by atoms with van der Waals surface area (Å²) in [5.41, 5.74) is 7.55. The van der Waals surface area contributed by atoms with E-state index in [0.29, 0.717) is 67.1 Å². The number of morpholine rings is 1. The van der Waals surface area contributed by atoms with E-state index in [1.165, 1.54) is 13.0 Å². The van der Waals surface area contributed by atoms with E-state index >= 15 is 0 Å². The Kier molecular flexibility index (Phi) is 6.42. The molecule has 2 N–H and O–H groups in total. The number of benzene rings is 1. The molecule has 1 amide bonds. The molecule has 208 valence electrons. The molecule has 1 spiro atoms. The SMILES string of the molecule is Cc1c(Cc2c(CN3CC4(C3)CS(=O)C4)nc3c(C(N)=O)cc(N4CCOCC4)nn23)cccc1C(F)(F)F. The number of nitrogens with two attached hydrogens (primary N) is 1. The highest BCUT2D eigenvalue weighted by atomic mass is 32.2. The predicted molar refractivity (Wildman–Crippen MR) is 139 cm³/mol. The first-order valence-electron chi connectivity index (χ1n) is 12.8. The molecule has 9 nitrogen and oxygen atoms in total. The smallest absolute Gasteiger partial charge is 0.378 e. The topological polar surface area (TPSA) is 106 Å². The van der Waals surface area contributed by atoms with Crippen molar-refractivity contribution in [3.63, 3.8) is 0 Å². The van der Waals surface area contributed by atoms with Crippen molar-refractivity contribution < 1.29 is 26.9 Å². The van der Waals surface area contributed by atoms with Crippen molar-refractivity contribution in [2.24, 2.45) is 11.1 Å². The van der Waals surface area contributed by atoms with Crippen molar-refractivity contribution >= 4 is 28.2 Å². The lowest BCUT2D eigenvalue weighted by molar-refractivity contribution is -0.138. The number of likely N-dealkylation sites (tertiary alicyclic amines) is 1. The van der Waals surface area contributed by atoms with Crippen molar-refractivity contribution in [1.82, 2.24) is 19.5 Å². The number of halogens is 3. The number of rotatable bonds is 6. The van der Waals surface area contributed by atoms with Crippen LogP contribution in [0.3, 0.4) is 0 Å². The van der Waals surface area contributed by atoms with Crippen molar-refractivity contribution in [3.8, 4) is 0 Å². The summed E-state index contributed by atoms with van der Waals surface area (Å²) in [4.78, 5) is 21.5. The average Bonchev–Trinajstić information content (AvgIpc) is 3.19. The molecule has 3 aliphatic heterocycles. The van der Waals surface area contributed by atoms with Crippen LogP contribution < -0.4 is 10.6 Å². The highest BCUT2D eigenvalue weighted by Gasteiger charge is 2.51. The molecular formula is C26H29F3N6O3S. The molecule has 1 aromatic carbocycles. The van der Waals surface area contributed by atoms with Gasteiger partial charge in [0.25, 0.3) is 5.91 Å². The number of nitrogens with zero attached hydrogens (tertiary/aromatic N) is 5. The zero-order chi connectivity index (χ0) is 27.5. The molecule has 0 aliphatic carbocycles. The summed E-state index contributed by atoms with van der Waals surface area (Å²) in [6.45, 7) is 5.66. The van der Waals surface area contributed by atoms with E-state index in [-0.39, 0.29) is 28.6 Å². The molecule has 0 saturated carbocycles. The molecule has 5 heterocycles. The number of primary amides is 1. The molecule has 3 fully saturated rings. The molecule has 3 saturated heterocycles. The van der Waals surface area contributed by atoms with Gasteiger partial charge in [0, 0.05) is 66.9 Å². The number of aromatic nitrogens is 3. The van der Waals surface area contributed by atoms with E-state index in [2.05, 4.69) is 4.90 Å². The lowest BCUT2D eigenvalue weighted by atomic mass is 9.83. The maximum atomic E-state index is 13.7. The number of fused-ring (bicyclic) bond motifs is 1. The number of amides is 1. The quantitative estimate of drug-likeness (QED) is 0.491. The summed E-state index contributed by atoms with van der Waals surface area (Å²) >= 11 is 0. The third-order valence-electron chi connectivity index (χ3n) is 7.88. The van der Waals surface area contributed by atoms with Crippen molar-refractivity contribution in [3.05, 3.63) is 57.9 Å². The fourth-order valence-corrected chi connectivity index (χ4v) is 7.59. The van der Waals surface area contributed by atoms with E-state index < -0.39 is 28.4 Å². The number of anilines is 1. The average molecular weight is 563 g/mol. The van der Waals surface area contributed by atoms with Gasteiger partial charge in [0.2, 0.25) is 0 Å².